The lowest BCUT2D eigenvalue weighted by Crippen LogP contribution is -2.29. The van der Waals surface area contributed by atoms with Gasteiger partial charge in [0.1, 0.15) is 0 Å². The van der Waals surface area contributed by atoms with Crippen LogP contribution in [-0.2, 0) is 10.5 Å². The number of halogens is 1. The number of hydrogen-bond donors (Lipinski definition) is 1. The largest absolute Gasteiger partial charge is 0.349 e. The van der Waals surface area contributed by atoms with Gasteiger partial charge in [0.25, 0.3) is 0 Å². The third-order valence-corrected chi connectivity index (χ3v) is 5.02. The maximum absolute atomic E-state index is 12.2. The predicted molar refractivity (Wildman–Crippen MR) is 100.0 cm³/mol. The van der Waals surface area contributed by atoms with Crippen molar-refractivity contribution >= 4 is 29.3 Å². The van der Waals surface area contributed by atoms with E-state index < -0.39 is 0 Å². The first-order valence-electron chi connectivity index (χ1n) is 7.77. The van der Waals surface area contributed by atoms with Crippen LogP contribution in [0.25, 0.3) is 0 Å². The molecule has 0 aliphatic heterocycles. The normalized spacial score (nSPS) is 12.0. The predicted octanol–water partition coefficient (Wildman–Crippen LogP) is 5.15. The zero-order valence-corrected chi connectivity index (χ0v) is 15.1. The number of carbonyl (C=O) groups is 1. The van der Waals surface area contributed by atoms with Crippen molar-refractivity contribution in [1.82, 2.24) is 5.32 Å². The van der Waals surface area contributed by atoms with E-state index in [1.54, 1.807) is 11.8 Å². The molecule has 0 saturated carbocycles. The van der Waals surface area contributed by atoms with Crippen LogP contribution in [0.4, 0.5) is 0 Å². The molecule has 1 atom stereocenters. The van der Waals surface area contributed by atoms with Gasteiger partial charge in [0, 0.05) is 10.8 Å². The van der Waals surface area contributed by atoms with E-state index >= 15 is 0 Å². The molecule has 1 amide bonds. The van der Waals surface area contributed by atoms with Gasteiger partial charge in [0.05, 0.1) is 11.8 Å². The van der Waals surface area contributed by atoms with Gasteiger partial charge in [-0.15, -0.1) is 11.8 Å². The molecule has 0 fully saturated rings. The molecule has 0 spiro atoms. The van der Waals surface area contributed by atoms with Crippen molar-refractivity contribution in [2.75, 3.05) is 5.75 Å². The van der Waals surface area contributed by atoms with E-state index in [9.17, 15) is 4.79 Å². The number of rotatable bonds is 7. The van der Waals surface area contributed by atoms with E-state index in [0.29, 0.717) is 5.75 Å². The Morgan fingerprint density at radius 2 is 1.87 bits per heavy atom. The molecular formula is C19H22ClNOS. The van der Waals surface area contributed by atoms with Gasteiger partial charge in [-0.1, -0.05) is 66.6 Å². The van der Waals surface area contributed by atoms with Crippen LogP contribution in [0.3, 0.4) is 0 Å². The number of benzene rings is 2. The fourth-order valence-corrected chi connectivity index (χ4v) is 3.45. The Hall–Kier alpha value is -1.45. The fraction of sp³-hybridized carbons (Fsp3) is 0.316. The van der Waals surface area contributed by atoms with Crippen LogP contribution in [0.15, 0.2) is 48.5 Å². The Balaban J connectivity index is 1.83. The molecule has 4 heteroatoms. The first-order valence-corrected chi connectivity index (χ1v) is 9.30. The molecule has 0 unspecified atom stereocenters. The van der Waals surface area contributed by atoms with Crippen molar-refractivity contribution in [2.45, 2.75) is 32.1 Å². The van der Waals surface area contributed by atoms with Crippen molar-refractivity contribution in [2.24, 2.45) is 0 Å². The Morgan fingerprint density at radius 3 is 2.52 bits per heavy atom. The minimum Gasteiger partial charge on any atom is -0.349 e. The SMILES string of the molecule is CC[C@@H](NC(=O)CSCc1ccccc1Cl)c1ccc(C)cc1. The summed E-state index contributed by atoms with van der Waals surface area (Å²) in [6, 6.07) is 16.1. The summed E-state index contributed by atoms with van der Waals surface area (Å²) >= 11 is 7.71. The molecule has 2 rings (SSSR count). The number of carbonyl (C=O) groups excluding carboxylic acids is 1. The molecule has 2 nitrogen and oxygen atoms in total. The minimum atomic E-state index is 0.0643. The summed E-state index contributed by atoms with van der Waals surface area (Å²) in [6.45, 7) is 4.15. The van der Waals surface area contributed by atoms with Gasteiger partial charge in [-0.2, -0.15) is 0 Å². The average Bonchev–Trinajstić information content (AvgIpc) is 2.55. The molecule has 0 heterocycles. The Morgan fingerprint density at radius 1 is 1.17 bits per heavy atom. The molecule has 122 valence electrons. The first kappa shape index (κ1) is 17.9. The number of amides is 1. The molecular weight excluding hydrogens is 326 g/mol. The Kier molecular flexibility index (Phi) is 7.00. The maximum Gasteiger partial charge on any atom is 0.230 e. The van der Waals surface area contributed by atoms with E-state index in [0.717, 1.165) is 28.3 Å². The van der Waals surface area contributed by atoms with Gasteiger partial charge >= 0.3 is 0 Å². The second-order valence-corrected chi connectivity index (χ2v) is 6.92. The average molecular weight is 348 g/mol. The number of thioether (sulfide) groups is 1. The number of aryl methyl sites for hydroxylation is 1. The van der Waals surface area contributed by atoms with Gasteiger partial charge in [-0.05, 0) is 30.5 Å². The highest BCUT2D eigenvalue weighted by Crippen LogP contribution is 2.21. The van der Waals surface area contributed by atoms with Crippen LogP contribution in [0.2, 0.25) is 5.02 Å². The zero-order chi connectivity index (χ0) is 16.7. The highest BCUT2D eigenvalue weighted by Gasteiger charge is 2.12. The monoisotopic (exact) mass is 347 g/mol. The smallest absolute Gasteiger partial charge is 0.230 e. The molecule has 2 aromatic carbocycles. The zero-order valence-electron chi connectivity index (χ0n) is 13.5. The van der Waals surface area contributed by atoms with Gasteiger partial charge in [-0.3, -0.25) is 4.79 Å². The minimum absolute atomic E-state index is 0.0643. The molecule has 1 N–H and O–H groups in total. The van der Waals surface area contributed by atoms with E-state index in [1.165, 1.54) is 5.56 Å². The summed E-state index contributed by atoms with van der Waals surface area (Å²) in [6.07, 6.45) is 0.879. The number of nitrogens with one attached hydrogen (secondary N) is 1. The van der Waals surface area contributed by atoms with Crippen molar-refractivity contribution in [1.29, 1.82) is 0 Å². The van der Waals surface area contributed by atoms with Crippen molar-refractivity contribution in [3.63, 3.8) is 0 Å². The summed E-state index contributed by atoms with van der Waals surface area (Å²) in [7, 11) is 0. The van der Waals surface area contributed by atoms with Crippen LogP contribution in [0.5, 0.6) is 0 Å². The van der Waals surface area contributed by atoms with E-state index in [2.05, 4.69) is 43.4 Å². The third-order valence-electron chi connectivity index (χ3n) is 3.67. The highest BCUT2D eigenvalue weighted by molar-refractivity contribution is 7.99. The van der Waals surface area contributed by atoms with Crippen molar-refractivity contribution < 1.29 is 4.79 Å². The fourth-order valence-electron chi connectivity index (χ4n) is 2.32. The third kappa shape index (κ3) is 5.60. The van der Waals surface area contributed by atoms with Crippen molar-refractivity contribution in [3.05, 3.63) is 70.2 Å². The standard InChI is InChI=1S/C19H22ClNOS/c1-3-18(15-10-8-14(2)9-11-15)21-19(22)13-23-12-16-6-4-5-7-17(16)20/h4-11,18H,3,12-13H2,1-2H3,(H,21,22)/t18-/m1/s1. The molecule has 23 heavy (non-hydrogen) atoms. The lowest BCUT2D eigenvalue weighted by atomic mass is 10.0. The summed E-state index contributed by atoms with van der Waals surface area (Å²) in [5, 5.41) is 3.87. The lowest BCUT2D eigenvalue weighted by Gasteiger charge is -2.17. The van der Waals surface area contributed by atoms with Gasteiger partial charge in [0.2, 0.25) is 5.91 Å². The number of hydrogen-bond acceptors (Lipinski definition) is 2. The Labute approximate surface area is 147 Å². The molecule has 0 radical (unpaired) electrons. The molecule has 2 aromatic rings. The van der Waals surface area contributed by atoms with E-state index in [4.69, 9.17) is 11.6 Å². The topological polar surface area (TPSA) is 29.1 Å². The Bertz CT molecular complexity index is 642. The van der Waals surface area contributed by atoms with Crippen LogP contribution in [-0.4, -0.2) is 11.7 Å². The highest BCUT2D eigenvalue weighted by atomic mass is 35.5. The van der Waals surface area contributed by atoms with Crippen LogP contribution < -0.4 is 5.32 Å². The quantitative estimate of drug-likeness (QED) is 0.750. The van der Waals surface area contributed by atoms with Gasteiger partial charge in [0.15, 0.2) is 0 Å². The van der Waals surface area contributed by atoms with Gasteiger partial charge in [-0.25, -0.2) is 0 Å². The first-order chi connectivity index (χ1) is 11.1. The summed E-state index contributed by atoms with van der Waals surface area (Å²) in [4.78, 5) is 12.2. The molecule has 0 aliphatic rings. The van der Waals surface area contributed by atoms with Crippen LogP contribution in [0.1, 0.15) is 36.1 Å². The molecule has 0 saturated heterocycles. The van der Waals surface area contributed by atoms with Gasteiger partial charge < -0.3 is 5.32 Å². The maximum atomic E-state index is 12.2. The molecule has 0 bridgehead atoms. The van der Waals surface area contributed by atoms with Crippen LogP contribution >= 0.6 is 23.4 Å². The summed E-state index contributed by atoms with van der Waals surface area (Å²) in [5.41, 5.74) is 3.45. The molecule has 0 aromatic heterocycles. The van der Waals surface area contributed by atoms with E-state index in [-0.39, 0.29) is 11.9 Å². The lowest BCUT2D eigenvalue weighted by molar-refractivity contribution is -0.119. The second kappa shape index (κ2) is 8.99. The second-order valence-electron chi connectivity index (χ2n) is 5.52. The van der Waals surface area contributed by atoms with Crippen LogP contribution in [0, 0.1) is 6.92 Å². The van der Waals surface area contributed by atoms with Crippen molar-refractivity contribution in [3.8, 4) is 0 Å². The summed E-state index contributed by atoms with van der Waals surface area (Å²) < 4.78 is 0. The summed E-state index contributed by atoms with van der Waals surface area (Å²) in [5.74, 6) is 1.25. The molecule has 0 aliphatic carbocycles. The van der Waals surface area contributed by atoms with E-state index in [1.807, 2.05) is 24.3 Å².